The number of likely N-dealkylation sites (N-methyl/N-ethyl adjacent to an activating group) is 1. The van der Waals surface area contributed by atoms with Crippen molar-refractivity contribution in [1.82, 2.24) is 15.6 Å². The maximum atomic E-state index is 12.1. The molecule has 0 saturated carbocycles. The molecule has 2 rings (SSSR count). The van der Waals surface area contributed by atoms with E-state index in [1.165, 1.54) is 7.05 Å². The summed E-state index contributed by atoms with van der Waals surface area (Å²) in [5.41, 5.74) is 7.58. The van der Waals surface area contributed by atoms with Gasteiger partial charge in [-0.2, -0.15) is 0 Å². The van der Waals surface area contributed by atoms with Crippen molar-refractivity contribution in [2.45, 2.75) is 13.8 Å². The van der Waals surface area contributed by atoms with Gasteiger partial charge in [0, 0.05) is 30.9 Å². The van der Waals surface area contributed by atoms with Gasteiger partial charge < -0.3 is 26.6 Å². The van der Waals surface area contributed by atoms with Gasteiger partial charge in [-0.1, -0.05) is 6.07 Å². The first kappa shape index (κ1) is 23.1. The van der Waals surface area contributed by atoms with E-state index in [1.807, 2.05) is 39.1 Å². The Bertz CT molecular complexity index is 766. The Labute approximate surface area is 166 Å². The Balaban J connectivity index is 0.00000190. The fourth-order valence-electron chi connectivity index (χ4n) is 2.51. The molecule has 0 saturated heterocycles. The number of nitrogens with one attached hydrogen (secondary N) is 3. The molecule has 0 aliphatic rings. The number of carbonyl (C=O) groups is 2. The molecule has 2 amide bonds. The van der Waals surface area contributed by atoms with Gasteiger partial charge in [0.2, 0.25) is 6.41 Å². The van der Waals surface area contributed by atoms with E-state index in [2.05, 4.69) is 26.7 Å². The molecule has 1 aromatic carbocycles. The quantitative estimate of drug-likeness (QED) is 0.385. The van der Waals surface area contributed by atoms with Crippen molar-refractivity contribution >= 4 is 29.5 Å². The number of nitrogens with two attached hydrogens (primary N) is 1. The largest absolute Gasteiger partial charge is 0.351 e. The van der Waals surface area contributed by atoms with Gasteiger partial charge in [0.1, 0.15) is 5.82 Å². The maximum Gasteiger partial charge on any atom is 0.251 e. The van der Waals surface area contributed by atoms with Crippen molar-refractivity contribution in [1.29, 1.82) is 0 Å². The van der Waals surface area contributed by atoms with E-state index < -0.39 is 0 Å². The van der Waals surface area contributed by atoms with Crippen LogP contribution in [0.25, 0.3) is 0 Å². The fraction of sp³-hybridized carbons (Fsp3) is 0.350. The van der Waals surface area contributed by atoms with Crippen molar-refractivity contribution in [3.8, 4) is 0 Å². The van der Waals surface area contributed by atoms with Crippen molar-refractivity contribution < 1.29 is 9.59 Å². The number of rotatable bonds is 9. The van der Waals surface area contributed by atoms with Crippen LogP contribution in [-0.2, 0) is 4.79 Å². The Hall–Kier alpha value is -2.97. The van der Waals surface area contributed by atoms with Gasteiger partial charge >= 0.3 is 0 Å². The summed E-state index contributed by atoms with van der Waals surface area (Å²) in [5, 5.41) is 9.03. The van der Waals surface area contributed by atoms with E-state index in [-0.39, 0.29) is 5.91 Å². The van der Waals surface area contributed by atoms with Gasteiger partial charge in [0.05, 0.1) is 11.9 Å². The van der Waals surface area contributed by atoms with E-state index in [0.717, 1.165) is 29.9 Å². The molecule has 0 atom stereocenters. The van der Waals surface area contributed by atoms with Crippen molar-refractivity contribution in [3.63, 3.8) is 0 Å². The average molecular weight is 387 g/mol. The minimum Gasteiger partial charge on any atom is -0.351 e. The summed E-state index contributed by atoms with van der Waals surface area (Å²) in [6.45, 7) is 5.71. The lowest BCUT2D eigenvalue weighted by Gasteiger charge is -2.18. The van der Waals surface area contributed by atoms with Gasteiger partial charge in [-0.05, 0) is 57.8 Å². The second-order valence-corrected chi connectivity index (χ2v) is 5.81. The Morgan fingerprint density at radius 3 is 2.61 bits per heavy atom. The average Bonchev–Trinajstić information content (AvgIpc) is 2.72. The van der Waals surface area contributed by atoms with E-state index in [1.54, 1.807) is 23.2 Å². The molecule has 152 valence electrons. The summed E-state index contributed by atoms with van der Waals surface area (Å²) < 4.78 is 0. The number of amides is 2. The summed E-state index contributed by atoms with van der Waals surface area (Å²) in [7, 11) is 3.34. The summed E-state index contributed by atoms with van der Waals surface area (Å²) in [5.74, 6) is 0.536. The van der Waals surface area contributed by atoms with E-state index in [0.29, 0.717) is 24.5 Å². The molecule has 0 fully saturated rings. The lowest BCUT2D eigenvalue weighted by molar-refractivity contribution is -0.107. The van der Waals surface area contributed by atoms with E-state index >= 15 is 0 Å². The normalized spacial score (nSPS) is 9.75. The van der Waals surface area contributed by atoms with Crippen LogP contribution in [0.3, 0.4) is 0 Å². The Morgan fingerprint density at radius 1 is 1.25 bits per heavy atom. The van der Waals surface area contributed by atoms with Crippen LogP contribution in [0.1, 0.15) is 22.8 Å². The SMILES string of the molecule is CCN(C=O)c1cnc(Nc2cccc(C(=O)NCCNC)c2)cc1C.CN. The highest BCUT2D eigenvalue weighted by Crippen LogP contribution is 2.23. The first-order valence-electron chi connectivity index (χ1n) is 9.15. The molecule has 0 unspecified atom stereocenters. The first-order valence-corrected chi connectivity index (χ1v) is 9.15. The molecule has 8 heteroatoms. The smallest absolute Gasteiger partial charge is 0.251 e. The molecule has 1 heterocycles. The summed E-state index contributed by atoms with van der Waals surface area (Å²) >= 11 is 0. The molecule has 0 aliphatic carbocycles. The number of hydrogen-bond donors (Lipinski definition) is 4. The molecule has 0 bridgehead atoms. The number of hydrogen-bond acceptors (Lipinski definition) is 6. The molecule has 0 aliphatic heterocycles. The van der Waals surface area contributed by atoms with Crippen LogP contribution >= 0.6 is 0 Å². The second-order valence-electron chi connectivity index (χ2n) is 5.81. The fourth-order valence-corrected chi connectivity index (χ4v) is 2.51. The number of nitrogens with zero attached hydrogens (tertiary/aromatic N) is 2. The number of carbonyl (C=O) groups excluding carboxylic acids is 2. The van der Waals surface area contributed by atoms with Crippen LogP contribution in [0.15, 0.2) is 36.5 Å². The summed E-state index contributed by atoms with van der Waals surface area (Å²) in [4.78, 5) is 29.2. The monoisotopic (exact) mass is 386 g/mol. The van der Waals surface area contributed by atoms with Crippen LogP contribution in [0.5, 0.6) is 0 Å². The van der Waals surface area contributed by atoms with Gasteiger partial charge in [0.15, 0.2) is 0 Å². The van der Waals surface area contributed by atoms with Gasteiger partial charge in [-0.15, -0.1) is 0 Å². The zero-order chi connectivity index (χ0) is 20.9. The van der Waals surface area contributed by atoms with Crippen molar-refractivity contribution in [2.24, 2.45) is 5.73 Å². The van der Waals surface area contributed by atoms with Crippen LogP contribution in [-0.4, -0.2) is 51.0 Å². The number of benzene rings is 1. The zero-order valence-corrected chi connectivity index (χ0v) is 17.0. The zero-order valence-electron chi connectivity index (χ0n) is 17.0. The van der Waals surface area contributed by atoms with Gasteiger partial charge in [-0.3, -0.25) is 9.59 Å². The molecule has 8 nitrogen and oxygen atoms in total. The Kier molecular flexibility index (Phi) is 10.2. The van der Waals surface area contributed by atoms with Crippen molar-refractivity contribution in [2.75, 3.05) is 43.9 Å². The lowest BCUT2D eigenvalue weighted by Crippen LogP contribution is -2.30. The van der Waals surface area contributed by atoms with E-state index in [9.17, 15) is 9.59 Å². The molecule has 0 spiro atoms. The number of pyridine rings is 1. The van der Waals surface area contributed by atoms with Gasteiger partial charge in [0.25, 0.3) is 5.91 Å². The number of anilines is 3. The summed E-state index contributed by atoms with van der Waals surface area (Å²) in [6, 6.07) is 9.12. The Morgan fingerprint density at radius 2 is 2.00 bits per heavy atom. The minimum absolute atomic E-state index is 0.118. The van der Waals surface area contributed by atoms with Crippen LogP contribution in [0.4, 0.5) is 17.2 Å². The number of aryl methyl sites for hydroxylation is 1. The minimum atomic E-state index is -0.118. The lowest BCUT2D eigenvalue weighted by atomic mass is 10.2. The maximum absolute atomic E-state index is 12.1. The molecule has 2 aromatic rings. The molecule has 5 N–H and O–H groups in total. The van der Waals surface area contributed by atoms with Gasteiger partial charge in [-0.25, -0.2) is 4.98 Å². The van der Waals surface area contributed by atoms with E-state index in [4.69, 9.17) is 0 Å². The van der Waals surface area contributed by atoms with Crippen molar-refractivity contribution in [3.05, 3.63) is 47.7 Å². The molecule has 0 radical (unpaired) electrons. The predicted molar refractivity (Wildman–Crippen MR) is 114 cm³/mol. The highest BCUT2D eigenvalue weighted by atomic mass is 16.1. The summed E-state index contributed by atoms with van der Waals surface area (Å²) in [6.07, 6.45) is 2.47. The third-order valence-electron chi connectivity index (χ3n) is 3.92. The molecule has 1 aromatic heterocycles. The highest BCUT2D eigenvalue weighted by Gasteiger charge is 2.09. The van der Waals surface area contributed by atoms with Crippen LogP contribution in [0, 0.1) is 6.92 Å². The topological polar surface area (TPSA) is 112 Å². The van der Waals surface area contributed by atoms with Crippen LogP contribution in [0.2, 0.25) is 0 Å². The third kappa shape index (κ3) is 6.64. The predicted octanol–water partition coefficient (Wildman–Crippen LogP) is 1.64. The molecule has 28 heavy (non-hydrogen) atoms. The molecular weight excluding hydrogens is 356 g/mol. The highest BCUT2D eigenvalue weighted by molar-refractivity contribution is 5.95. The molecular formula is C20H30N6O2. The first-order chi connectivity index (χ1) is 13.6. The van der Waals surface area contributed by atoms with Crippen LogP contribution < -0.4 is 26.6 Å². The number of aromatic nitrogens is 1. The standard InChI is InChI=1S/C19H25N5O2.CH5N/c1-4-24(13-25)17-12-22-18(10-14(17)2)23-16-7-5-6-15(11-16)19(26)21-9-8-20-3;1-2/h5-7,10-13,20H,4,8-9H2,1-3H3,(H,21,26)(H,22,23);2H2,1H3. The third-order valence-corrected chi connectivity index (χ3v) is 3.92. The second kappa shape index (κ2) is 12.4.